The molecule has 0 radical (unpaired) electrons. The lowest BCUT2D eigenvalue weighted by molar-refractivity contribution is -0.139. The Morgan fingerprint density at radius 1 is 1.23 bits per heavy atom. The molecule has 2 aromatic carbocycles. The lowest BCUT2D eigenvalue weighted by atomic mass is 9.96. The number of halogens is 1. The molecule has 2 rings (SSSR count). The number of carbonyl (C=O) groups is 1. The highest BCUT2D eigenvalue weighted by molar-refractivity contribution is 6.31. The number of benzene rings is 2. The number of aliphatic carboxylic acids is 1. The topological polar surface area (TPSA) is 46.5 Å². The first-order valence-electron chi connectivity index (χ1n) is 7.16. The monoisotopic (exact) mass is 318 g/mol. The number of carboxylic acids is 1. The van der Waals surface area contributed by atoms with Gasteiger partial charge in [-0.1, -0.05) is 41.9 Å². The van der Waals surface area contributed by atoms with Crippen LogP contribution in [0.4, 0.5) is 0 Å². The first kappa shape index (κ1) is 16.4. The zero-order valence-corrected chi connectivity index (χ0v) is 13.4. The summed E-state index contributed by atoms with van der Waals surface area (Å²) in [5, 5.41) is 9.91. The fourth-order valence-corrected chi connectivity index (χ4v) is 2.59. The SMILES string of the molecule is Cc1ccc(C)c(OCCC(C(=O)O)c2ccccc2Cl)c1. The van der Waals surface area contributed by atoms with Crippen molar-refractivity contribution >= 4 is 17.6 Å². The number of hydrogen-bond acceptors (Lipinski definition) is 2. The lowest BCUT2D eigenvalue weighted by Gasteiger charge is -2.16. The van der Waals surface area contributed by atoms with Gasteiger partial charge in [0.15, 0.2) is 0 Å². The molecular formula is C18H19ClO3. The van der Waals surface area contributed by atoms with Crippen LogP contribution in [-0.2, 0) is 4.79 Å². The Morgan fingerprint density at radius 3 is 2.64 bits per heavy atom. The van der Waals surface area contributed by atoms with Gasteiger partial charge in [-0.05, 0) is 49.1 Å². The van der Waals surface area contributed by atoms with Crippen molar-refractivity contribution in [1.82, 2.24) is 0 Å². The fraction of sp³-hybridized carbons (Fsp3) is 0.278. The van der Waals surface area contributed by atoms with E-state index in [1.807, 2.05) is 32.0 Å². The third-order valence-corrected chi connectivity index (χ3v) is 3.93. The molecule has 0 aromatic heterocycles. The van der Waals surface area contributed by atoms with Gasteiger partial charge in [-0.3, -0.25) is 4.79 Å². The van der Waals surface area contributed by atoms with Gasteiger partial charge in [0.1, 0.15) is 5.75 Å². The van der Waals surface area contributed by atoms with Crippen molar-refractivity contribution in [3.05, 3.63) is 64.2 Å². The summed E-state index contributed by atoms with van der Waals surface area (Å²) in [5.74, 6) is -0.764. The molecule has 4 heteroatoms. The van der Waals surface area contributed by atoms with Gasteiger partial charge in [-0.2, -0.15) is 0 Å². The van der Waals surface area contributed by atoms with E-state index in [0.717, 1.165) is 16.9 Å². The molecule has 0 saturated heterocycles. The molecule has 22 heavy (non-hydrogen) atoms. The zero-order valence-electron chi connectivity index (χ0n) is 12.7. The normalized spacial score (nSPS) is 12.0. The molecule has 1 N–H and O–H groups in total. The van der Waals surface area contributed by atoms with Crippen molar-refractivity contribution in [1.29, 1.82) is 0 Å². The Hall–Kier alpha value is -2.00. The van der Waals surface area contributed by atoms with Gasteiger partial charge >= 0.3 is 5.97 Å². The number of ether oxygens (including phenoxy) is 1. The largest absolute Gasteiger partial charge is 0.493 e. The van der Waals surface area contributed by atoms with E-state index in [-0.39, 0.29) is 0 Å². The maximum atomic E-state index is 11.5. The molecule has 1 unspecified atom stereocenters. The van der Waals surface area contributed by atoms with Gasteiger partial charge in [0.2, 0.25) is 0 Å². The summed E-state index contributed by atoms with van der Waals surface area (Å²) in [4.78, 5) is 11.5. The molecule has 116 valence electrons. The van der Waals surface area contributed by atoms with Gasteiger partial charge < -0.3 is 9.84 Å². The van der Waals surface area contributed by atoms with E-state index in [2.05, 4.69) is 0 Å². The van der Waals surface area contributed by atoms with E-state index in [9.17, 15) is 9.90 Å². The van der Waals surface area contributed by atoms with E-state index in [4.69, 9.17) is 16.3 Å². The van der Waals surface area contributed by atoms with Gasteiger partial charge in [-0.25, -0.2) is 0 Å². The minimum Gasteiger partial charge on any atom is -0.493 e. The average Bonchev–Trinajstić information content (AvgIpc) is 2.48. The molecule has 0 fully saturated rings. The predicted molar refractivity (Wildman–Crippen MR) is 87.9 cm³/mol. The Labute approximate surface area is 135 Å². The van der Waals surface area contributed by atoms with Crippen LogP contribution in [0.2, 0.25) is 5.02 Å². The fourth-order valence-electron chi connectivity index (χ4n) is 2.32. The van der Waals surface area contributed by atoms with Crippen molar-refractivity contribution in [3.63, 3.8) is 0 Å². The van der Waals surface area contributed by atoms with E-state index in [0.29, 0.717) is 23.6 Å². The Morgan fingerprint density at radius 2 is 1.95 bits per heavy atom. The van der Waals surface area contributed by atoms with Gasteiger partial charge in [0.05, 0.1) is 12.5 Å². The van der Waals surface area contributed by atoms with Gasteiger partial charge in [-0.15, -0.1) is 0 Å². The summed E-state index contributed by atoms with van der Waals surface area (Å²) in [6.07, 6.45) is 0.368. The summed E-state index contributed by atoms with van der Waals surface area (Å²) in [6.45, 7) is 4.29. The second kappa shape index (κ2) is 7.32. The Kier molecular flexibility index (Phi) is 5.45. The van der Waals surface area contributed by atoms with E-state index in [1.54, 1.807) is 24.3 Å². The summed E-state index contributed by atoms with van der Waals surface area (Å²) in [6, 6.07) is 13.0. The highest BCUT2D eigenvalue weighted by Gasteiger charge is 2.22. The maximum Gasteiger partial charge on any atom is 0.311 e. The van der Waals surface area contributed by atoms with Crippen LogP contribution in [0.15, 0.2) is 42.5 Å². The highest BCUT2D eigenvalue weighted by atomic mass is 35.5. The van der Waals surface area contributed by atoms with Crippen LogP contribution in [0.1, 0.15) is 29.0 Å². The molecule has 0 aliphatic rings. The lowest BCUT2D eigenvalue weighted by Crippen LogP contribution is -2.15. The molecule has 0 saturated carbocycles. The molecular weight excluding hydrogens is 300 g/mol. The van der Waals surface area contributed by atoms with Crippen molar-refractivity contribution in [2.75, 3.05) is 6.61 Å². The molecule has 1 atom stereocenters. The molecule has 0 amide bonds. The number of hydrogen-bond donors (Lipinski definition) is 1. The van der Waals surface area contributed by atoms with E-state index in [1.165, 1.54) is 0 Å². The number of carboxylic acid groups (broad SMARTS) is 1. The van der Waals surface area contributed by atoms with Crippen molar-refractivity contribution in [2.24, 2.45) is 0 Å². The number of rotatable bonds is 6. The van der Waals surface area contributed by atoms with Crippen LogP contribution in [0.5, 0.6) is 5.75 Å². The minimum atomic E-state index is -0.891. The predicted octanol–water partition coefficient (Wildman–Crippen LogP) is 4.59. The Balaban J connectivity index is 2.06. The standard InChI is InChI=1S/C18H19ClO3/c1-12-7-8-13(2)17(11-12)22-10-9-15(18(20)21)14-5-3-4-6-16(14)19/h3-8,11,15H,9-10H2,1-2H3,(H,20,21). The van der Waals surface area contributed by atoms with Gasteiger partial charge in [0.25, 0.3) is 0 Å². The first-order chi connectivity index (χ1) is 10.5. The molecule has 0 heterocycles. The van der Waals surface area contributed by atoms with E-state index < -0.39 is 11.9 Å². The van der Waals surface area contributed by atoms with E-state index >= 15 is 0 Å². The van der Waals surface area contributed by atoms with Crippen molar-refractivity contribution < 1.29 is 14.6 Å². The van der Waals surface area contributed by atoms with Crippen LogP contribution < -0.4 is 4.74 Å². The summed E-state index contributed by atoms with van der Waals surface area (Å²) >= 11 is 6.10. The van der Waals surface area contributed by atoms with Crippen LogP contribution in [-0.4, -0.2) is 17.7 Å². The van der Waals surface area contributed by atoms with Crippen LogP contribution in [0.3, 0.4) is 0 Å². The quantitative estimate of drug-likeness (QED) is 0.847. The zero-order chi connectivity index (χ0) is 16.1. The van der Waals surface area contributed by atoms with Crippen molar-refractivity contribution in [3.8, 4) is 5.75 Å². The molecule has 0 spiro atoms. The summed E-state index contributed by atoms with van der Waals surface area (Å²) in [7, 11) is 0. The molecule has 0 aliphatic heterocycles. The van der Waals surface area contributed by atoms with Crippen LogP contribution in [0, 0.1) is 13.8 Å². The minimum absolute atomic E-state index is 0.326. The smallest absolute Gasteiger partial charge is 0.311 e. The van der Waals surface area contributed by atoms with Crippen molar-refractivity contribution in [2.45, 2.75) is 26.2 Å². The van der Waals surface area contributed by atoms with Gasteiger partial charge in [0, 0.05) is 5.02 Å². The molecule has 0 bridgehead atoms. The molecule has 3 nitrogen and oxygen atoms in total. The molecule has 2 aromatic rings. The second-order valence-corrected chi connectivity index (χ2v) is 5.73. The Bertz CT molecular complexity index is 667. The average molecular weight is 319 g/mol. The van der Waals surface area contributed by atoms with Crippen LogP contribution in [0.25, 0.3) is 0 Å². The summed E-state index contributed by atoms with van der Waals surface area (Å²) in [5.41, 5.74) is 2.78. The summed E-state index contributed by atoms with van der Waals surface area (Å²) < 4.78 is 5.75. The second-order valence-electron chi connectivity index (χ2n) is 5.32. The maximum absolute atomic E-state index is 11.5. The third kappa shape index (κ3) is 4.01. The first-order valence-corrected chi connectivity index (χ1v) is 7.54. The van der Waals surface area contributed by atoms with Crippen LogP contribution >= 0.6 is 11.6 Å². The number of aryl methyl sites for hydroxylation is 2. The molecule has 0 aliphatic carbocycles. The third-order valence-electron chi connectivity index (χ3n) is 3.59. The highest BCUT2D eigenvalue weighted by Crippen LogP contribution is 2.28.